The monoisotopic (exact) mass is 253 g/mol. The molecule has 0 aliphatic carbocycles. The fraction of sp³-hybridized carbons (Fsp3) is 0.333. The Kier molecular flexibility index (Phi) is 4.91. The highest BCUT2D eigenvalue weighted by Crippen LogP contribution is 2.14. The van der Waals surface area contributed by atoms with Gasteiger partial charge in [0.25, 0.3) is 0 Å². The molecule has 0 spiro atoms. The highest BCUT2D eigenvalue weighted by molar-refractivity contribution is 9.10. The quantitative estimate of drug-likeness (QED) is 0.802. The second-order valence-electron chi connectivity index (χ2n) is 3.42. The van der Waals surface area contributed by atoms with Gasteiger partial charge in [0.05, 0.1) is 0 Å². The van der Waals surface area contributed by atoms with Crippen LogP contribution in [-0.4, -0.2) is 6.54 Å². The average Bonchev–Trinajstić information content (AvgIpc) is 2.17. The Morgan fingerprint density at radius 1 is 1.21 bits per heavy atom. The molecule has 0 aromatic heterocycles. The Balaban J connectivity index is 2.38. The topological polar surface area (TPSA) is 26.0 Å². The molecule has 1 rings (SSSR count). The second-order valence-corrected chi connectivity index (χ2v) is 4.33. The third kappa shape index (κ3) is 4.07. The molecule has 0 saturated carbocycles. The van der Waals surface area contributed by atoms with Crippen LogP contribution in [0.2, 0.25) is 0 Å². The van der Waals surface area contributed by atoms with Gasteiger partial charge in [-0.2, -0.15) is 0 Å². The van der Waals surface area contributed by atoms with Gasteiger partial charge in [0.1, 0.15) is 0 Å². The Bertz CT molecular complexity index is 290. The summed E-state index contributed by atoms with van der Waals surface area (Å²) in [6.07, 6.45) is 3.04. The van der Waals surface area contributed by atoms with Gasteiger partial charge in [-0.25, -0.2) is 0 Å². The van der Waals surface area contributed by atoms with Crippen molar-refractivity contribution in [1.82, 2.24) is 0 Å². The summed E-state index contributed by atoms with van der Waals surface area (Å²) in [5.74, 6) is 0. The molecule has 0 bridgehead atoms. The highest BCUT2D eigenvalue weighted by Gasteiger charge is 1.96. The van der Waals surface area contributed by atoms with Crippen LogP contribution >= 0.6 is 15.9 Å². The van der Waals surface area contributed by atoms with Crippen LogP contribution in [0.15, 0.2) is 40.9 Å². The Morgan fingerprint density at radius 3 is 2.43 bits per heavy atom. The van der Waals surface area contributed by atoms with E-state index in [2.05, 4.69) is 46.8 Å². The van der Waals surface area contributed by atoms with Crippen LogP contribution in [-0.2, 0) is 6.42 Å². The fourth-order valence-corrected chi connectivity index (χ4v) is 1.57. The van der Waals surface area contributed by atoms with Crippen LogP contribution in [0, 0.1) is 0 Å². The minimum absolute atomic E-state index is 0.708. The van der Waals surface area contributed by atoms with Crippen LogP contribution in [0.5, 0.6) is 0 Å². The van der Waals surface area contributed by atoms with Crippen molar-refractivity contribution < 1.29 is 0 Å². The number of benzene rings is 1. The van der Waals surface area contributed by atoms with E-state index < -0.39 is 0 Å². The maximum absolute atomic E-state index is 5.45. The van der Waals surface area contributed by atoms with Gasteiger partial charge < -0.3 is 5.73 Å². The lowest BCUT2D eigenvalue weighted by Gasteiger charge is -2.04. The van der Waals surface area contributed by atoms with E-state index in [1.807, 2.05) is 0 Å². The average molecular weight is 254 g/mol. The van der Waals surface area contributed by atoms with E-state index in [1.54, 1.807) is 0 Å². The summed E-state index contributed by atoms with van der Waals surface area (Å²) >= 11 is 3.42. The van der Waals surface area contributed by atoms with Crippen molar-refractivity contribution >= 4 is 15.9 Å². The summed E-state index contributed by atoms with van der Waals surface area (Å²) < 4.78 is 1.13. The number of halogens is 1. The first-order chi connectivity index (χ1) is 6.72. The minimum Gasteiger partial charge on any atom is -0.330 e. The molecule has 0 amide bonds. The fourth-order valence-electron chi connectivity index (χ4n) is 1.30. The second kappa shape index (κ2) is 5.99. The molecule has 0 unspecified atom stereocenters. The van der Waals surface area contributed by atoms with E-state index in [-0.39, 0.29) is 0 Å². The lowest BCUT2D eigenvalue weighted by atomic mass is 10.0. The van der Waals surface area contributed by atoms with E-state index in [9.17, 15) is 0 Å². The summed E-state index contributed by atoms with van der Waals surface area (Å²) in [4.78, 5) is 0. The van der Waals surface area contributed by atoms with E-state index in [1.165, 1.54) is 11.1 Å². The van der Waals surface area contributed by atoms with E-state index in [4.69, 9.17) is 5.73 Å². The molecule has 0 heterocycles. The van der Waals surface area contributed by atoms with Crippen molar-refractivity contribution in [1.29, 1.82) is 0 Å². The SMILES string of the molecule is C=C(CCN)CCc1ccc(Br)cc1. The van der Waals surface area contributed by atoms with Crippen LogP contribution < -0.4 is 5.73 Å². The summed E-state index contributed by atoms with van der Waals surface area (Å²) in [6.45, 7) is 4.70. The summed E-state index contributed by atoms with van der Waals surface area (Å²) in [5, 5.41) is 0. The van der Waals surface area contributed by atoms with Gasteiger partial charge in [0.15, 0.2) is 0 Å². The standard InChI is InChI=1S/C12H16BrN/c1-10(8-9-14)2-3-11-4-6-12(13)7-5-11/h4-7H,1-3,8-9,14H2. The lowest BCUT2D eigenvalue weighted by Crippen LogP contribution is -2.00. The number of hydrogen-bond donors (Lipinski definition) is 1. The van der Waals surface area contributed by atoms with Gasteiger partial charge in [-0.05, 0) is 43.5 Å². The molecule has 0 saturated heterocycles. The number of aryl methyl sites for hydroxylation is 1. The molecule has 0 fully saturated rings. The van der Waals surface area contributed by atoms with Gasteiger partial charge >= 0.3 is 0 Å². The van der Waals surface area contributed by atoms with E-state index in [0.717, 1.165) is 23.7 Å². The maximum Gasteiger partial charge on any atom is 0.0175 e. The molecular formula is C12H16BrN. The number of nitrogens with two attached hydrogens (primary N) is 1. The van der Waals surface area contributed by atoms with Crippen molar-refractivity contribution in [3.63, 3.8) is 0 Å². The Morgan fingerprint density at radius 2 is 1.86 bits per heavy atom. The molecule has 76 valence electrons. The van der Waals surface area contributed by atoms with Crippen LogP contribution in [0.4, 0.5) is 0 Å². The van der Waals surface area contributed by atoms with E-state index in [0.29, 0.717) is 6.54 Å². The molecular weight excluding hydrogens is 238 g/mol. The zero-order valence-corrected chi connectivity index (χ0v) is 9.89. The molecule has 1 aromatic carbocycles. The third-order valence-corrected chi connectivity index (χ3v) is 2.71. The van der Waals surface area contributed by atoms with Crippen molar-refractivity contribution in [3.05, 3.63) is 46.5 Å². The van der Waals surface area contributed by atoms with Gasteiger partial charge in [-0.3, -0.25) is 0 Å². The largest absolute Gasteiger partial charge is 0.330 e. The highest BCUT2D eigenvalue weighted by atomic mass is 79.9. The normalized spacial score (nSPS) is 10.1. The number of rotatable bonds is 5. The predicted octanol–water partition coefficient (Wildman–Crippen LogP) is 3.29. The van der Waals surface area contributed by atoms with Crippen LogP contribution in [0.25, 0.3) is 0 Å². The molecule has 2 heteroatoms. The Labute approximate surface area is 94.1 Å². The maximum atomic E-state index is 5.45. The molecule has 0 atom stereocenters. The molecule has 0 aliphatic rings. The summed E-state index contributed by atoms with van der Waals surface area (Å²) in [7, 11) is 0. The zero-order chi connectivity index (χ0) is 10.4. The molecule has 0 aliphatic heterocycles. The Hall–Kier alpha value is -0.600. The first-order valence-corrected chi connectivity index (χ1v) is 5.63. The zero-order valence-electron chi connectivity index (χ0n) is 8.30. The minimum atomic E-state index is 0.708. The predicted molar refractivity (Wildman–Crippen MR) is 65.3 cm³/mol. The molecule has 14 heavy (non-hydrogen) atoms. The van der Waals surface area contributed by atoms with Crippen molar-refractivity contribution in [3.8, 4) is 0 Å². The van der Waals surface area contributed by atoms with Crippen molar-refractivity contribution in [2.24, 2.45) is 5.73 Å². The summed E-state index contributed by atoms with van der Waals surface area (Å²) in [6, 6.07) is 8.42. The lowest BCUT2D eigenvalue weighted by molar-refractivity contribution is 0.847. The first kappa shape index (κ1) is 11.5. The number of hydrogen-bond acceptors (Lipinski definition) is 1. The van der Waals surface area contributed by atoms with Gasteiger partial charge in [-0.15, -0.1) is 0 Å². The molecule has 1 nitrogen and oxygen atoms in total. The van der Waals surface area contributed by atoms with E-state index >= 15 is 0 Å². The smallest absolute Gasteiger partial charge is 0.0175 e. The van der Waals surface area contributed by atoms with Gasteiger partial charge in [0.2, 0.25) is 0 Å². The van der Waals surface area contributed by atoms with Crippen molar-refractivity contribution in [2.45, 2.75) is 19.3 Å². The molecule has 0 radical (unpaired) electrons. The van der Waals surface area contributed by atoms with Crippen molar-refractivity contribution in [2.75, 3.05) is 6.54 Å². The molecule has 1 aromatic rings. The summed E-state index contributed by atoms with van der Waals surface area (Å²) in [5.41, 5.74) is 8.05. The van der Waals surface area contributed by atoms with Gasteiger partial charge in [0, 0.05) is 4.47 Å². The first-order valence-electron chi connectivity index (χ1n) is 4.83. The van der Waals surface area contributed by atoms with Crippen LogP contribution in [0.3, 0.4) is 0 Å². The third-order valence-electron chi connectivity index (χ3n) is 2.18. The molecule has 2 N–H and O–H groups in total. The van der Waals surface area contributed by atoms with Gasteiger partial charge in [-0.1, -0.05) is 40.2 Å². The van der Waals surface area contributed by atoms with Crippen LogP contribution in [0.1, 0.15) is 18.4 Å².